The molecule has 4 rings (SSSR count). The molecular formula is C23H25N5O2. The molecule has 0 aliphatic heterocycles. The predicted octanol–water partition coefficient (Wildman–Crippen LogP) is 3.04. The normalized spacial score (nSPS) is 12.2. The Morgan fingerprint density at radius 1 is 1.07 bits per heavy atom. The molecule has 2 heterocycles. The molecule has 0 aliphatic rings. The largest absolute Gasteiger partial charge is 0.349 e. The molecule has 4 aromatic rings. The summed E-state index contributed by atoms with van der Waals surface area (Å²) in [5.41, 5.74) is 2.68. The number of hydrogen-bond donors (Lipinski definition) is 2. The van der Waals surface area contributed by atoms with E-state index in [0.29, 0.717) is 19.5 Å². The van der Waals surface area contributed by atoms with Crippen molar-refractivity contribution in [3.63, 3.8) is 0 Å². The van der Waals surface area contributed by atoms with Crippen LogP contribution >= 0.6 is 0 Å². The van der Waals surface area contributed by atoms with E-state index in [9.17, 15) is 9.59 Å². The molecule has 2 aromatic carbocycles. The summed E-state index contributed by atoms with van der Waals surface area (Å²) < 4.78 is 3.42. The molecule has 0 radical (unpaired) electrons. The van der Waals surface area contributed by atoms with Crippen molar-refractivity contribution in [2.45, 2.75) is 38.9 Å². The fourth-order valence-corrected chi connectivity index (χ4v) is 3.81. The number of aromatic amines is 1. The Labute approximate surface area is 174 Å². The molecule has 0 saturated carbocycles. The first-order chi connectivity index (χ1) is 14.7. The number of H-pyrrole nitrogens is 1. The lowest BCUT2D eigenvalue weighted by molar-refractivity contribution is -0.122. The number of para-hydroxylation sites is 2. The minimum Gasteiger partial charge on any atom is -0.349 e. The number of amides is 1. The number of aromatic nitrogens is 4. The first-order valence-corrected chi connectivity index (χ1v) is 10.2. The van der Waals surface area contributed by atoms with Gasteiger partial charge in [-0.25, -0.2) is 9.78 Å². The number of rotatable bonds is 8. The molecule has 2 aromatic heterocycles. The van der Waals surface area contributed by atoms with E-state index in [4.69, 9.17) is 0 Å². The summed E-state index contributed by atoms with van der Waals surface area (Å²) in [5, 5.41) is 3.11. The van der Waals surface area contributed by atoms with Gasteiger partial charge >= 0.3 is 5.69 Å². The van der Waals surface area contributed by atoms with E-state index in [1.165, 1.54) is 0 Å². The van der Waals surface area contributed by atoms with Crippen molar-refractivity contribution < 1.29 is 4.79 Å². The molecule has 0 spiro atoms. The topological polar surface area (TPSA) is 84.7 Å². The van der Waals surface area contributed by atoms with Gasteiger partial charge in [0, 0.05) is 38.3 Å². The fraction of sp³-hybridized carbons (Fsp3) is 0.261. The van der Waals surface area contributed by atoms with Crippen LogP contribution in [-0.4, -0.2) is 25.0 Å². The van der Waals surface area contributed by atoms with Crippen molar-refractivity contribution in [1.29, 1.82) is 0 Å². The molecule has 30 heavy (non-hydrogen) atoms. The van der Waals surface area contributed by atoms with Gasteiger partial charge in [-0.2, -0.15) is 0 Å². The van der Waals surface area contributed by atoms with E-state index >= 15 is 0 Å². The van der Waals surface area contributed by atoms with Gasteiger partial charge in [-0.1, -0.05) is 42.5 Å². The molecule has 2 N–H and O–H groups in total. The maximum Gasteiger partial charge on any atom is 0.329 e. The Bertz CT molecular complexity index is 1180. The van der Waals surface area contributed by atoms with E-state index in [1.807, 2.05) is 61.5 Å². The Morgan fingerprint density at radius 2 is 1.77 bits per heavy atom. The van der Waals surface area contributed by atoms with Gasteiger partial charge in [0.05, 0.1) is 17.1 Å². The van der Waals surface area contributed by atoms with Gasteiger partial charge in [0.15, 0.2) is 0 Å². The molecule has 0 saturated heterocycles. The van der Waals surface area contributed by atoms with E-state index in [-0.39, 0.29) is 24.1 Å². The van der Waals surface area contributed by atoms with Gasteiger partial charge in [0.25, 0.3) is 0 Å². The van der Waals surface area contributed by atoms with E-state index < -0.39 is 0 Å². The van der Waals surface area contributed by atoms with Crippen LogP contribution in [0.4, 0.5) is 0 Å². The predicted molar refractivity (Wildman–Crippen MR) is 116 cm³/mol. The van der Waals surface area contributed by atoms with Gasteiger partial charge in [-0.15, -0.1) is 0 Å². The Hall–Kier alpha value is -3.61. The quantitative estimate of drug-likeness (QED) is 0.474. The number of imidazole rings is 2. The number of nitrogens with zero attached hydrogens (tertiary/aromatic N) is 3. The van der Waals surface area contributed by atoms with Crippen molar-refractivity contribution in [3.8, 4) is 0 Å². The highest BCUT2D eigenvalue weighted by Crippen LogP contribution is 2.17. The molecule has 7 nitrogen and oxygen atoms in total. The van der Waals surface area contributed by atoms with Crippen LogP contribution in [0.1, 0.15) is 30.8 Å². The monoisotopic (exact) mass is 403 g/mol. The number of benzene rings is 2. The average Bonchev–Trinajstić information content (AvgIpc) is 3.37. The van der Waals surface area contributed by atoms with Crippen LogP contribution < -0.4 is 11.0 Å². The highest BCUT2D eigenvalue weighted by molar-refractivity contribution is 5.78. The Kier molecular flexibility index (Phi) is 5.79. The molecule has 154 valence electrons. The van der Waals surface area contributed by atoms with Crippen LogP contribution in [0, 0.1) is 0 Å². The van der Waals surface area contributed by atoms with E-state index in [0.717, 1.165) is 22.4 Å². The minimum atomic E-state index is -0.196. The zero-order chi connectivity index (χ0) is 20.9. The molecule has 0 fully saturated rings. The molecule has 0 bridgehead atoms. The number of carbonyl (C=O) groups is 1. The third kappa shape index (κ3) is 4.05. The second-order valence-corrected chi connectivity index (χ2v) is 7.19. The van der Waals surface area contributed by atoms with Crippen LogP contribution in [0.5, 0.6) is 0 Å². The van der Waals surface area contributed by atoms with Crippen molar-refractivity contribution in [2.24, 2.45) is 0 Å². The third-order valence-electron chi connectivity index (χ3n) is 5.29. The van der Waals surface area contributed by atoms with Crippen LogP contribution in [0.2, 0.25) is 0 Å². The Balaban J connectivity index is 1.50. The van der Waals surface area contributed by atoms with Gasteiger partial charge in [-0.05, 0) is 24.6 Å². The molecular weight excluding hydrogens is 378 g/mol. The number of hydrogen-bond acceptors (Lipinski definition) is 3. The van der Waals surface area contributed by atoms with Gasteiger partial charge in [0.2, 0.25) is 5.91 Å². The van der Waals surface area contributed by atoms with E-state index in [1.54, 1.807) is 21.5 Å². The molecule has 7 heteroatoms. The zero-order valence-electron chi connectivity index (χ0n) is 16.9. The first kappa shape index (κ1) is 19.7. The van der Waals surface area contributed by atoms with Crippen LogP contribution in [0.3, 0.4) is 0 Å². The van der Waals surface area contributed by atoms with Gasteiger partial charge in [-0.3, -0.25) is 13.9 Å². The second-order valence-electron chi connectivity index (χ2n) is 7.19. The van der Waals surface area contributed by atoms with Crippen LogP contribution in [-0.2, 0) is 24.3 Å². The summed E-state index contributed by atoms with van der Waals surface area (Å²) in [5.74, 6) is 0.710. The summed E-state index contributed by atoms with van der Waals surface area (Å²) in [7, 11) is 0. The summed E-state index contributed by atoms with van der Waals surface area (Å²) in [6, 6.07) is 17.3. The lowest BCUT2D eigenvalue weighted by Crippen LogP contribution is -2.32. The zero-order valence-corrected chi connectivity index (χ0v) is 16.9. The van der Waals surface area contributed by atoms with Crippen molar-refractivity contribution >= 4 is 16.9 Å². The first-order valence-electron chi connectivity index (χ1n) is 10.2. The van der Waals surface area contributed by atoms with Gasteiger partial charge in [0.1, 0.15) is 5.82 Å². The number of aryl methyl sites for hydroxylation is 2. The van der Waals surface area contributed by atoms with Crippen molar-refractivity contribution in [1.82, 2.24) is 24.4 Å². The SMILES string of the molecule is CCn1c(=O)n(CCC(=O)N[C@H](Cc2ncc[nH]2)c2ccccc2)c2ccccc21. The summed E-state index contributed by atoms with van der Waals surface area (Å²) in [6.07, 6.45) is 4.27. The number of carbonyl (C=O) groups excluding carboxylic acids is 1. The highest BCUT2D eigenvalue weighted by Gasteiger charge is 2.18. The molecule has 0 aliphatic carbocycles. The van der Waals surface area contributed by atoms with E-state index in [2.05, 4.69) is 15.3 Å². The molecule has 1 atom stereocenters. The lowest BCUT2D eigenvalue weighted by Gasteiger charge is -2.18. The van der Waals surface area contributed by atoms with Crippen molar-refractivity contribution in [3.05, 3.63) is 88.9 Å². The average molecular weight is 403 g/mol. The minimum absolute atomic E-state index is 0.0818. The lowest BCUT2D eigenvalue weighted by atomic mass is 10.0. The number of fused-ring (bicyclic) bond motifs is 1. The standard InChI is InChI=1S/C23H25N5O2/c1-2-27-19-10-6-7-11-20(19)28(23(27)30)15-12-22(29)26-18(16-21-24-13-14-25-21)17-8-4-3-5-9-17/h3-11,13-14,18H,2,12,15-16H2,1H3,(H,24,25)(H,26,29)/t18-/m1/s1. The van der Waals surface area contributed by atoms with Crippen LogP contribution in [0.15, 0.2) is 71.8 Å². The smallest absolute Gasteiger partial charge is 0.329 e. The maximum atomic E-state index is 12.8. The Morgan fingerprint density at radius 3 is 2.43 bits per heavy atom. The highest BCUT2D eigenvalue weighted by atomic mass is 16.2. The molecule has 0 unspecified atom stereocenters. The maximum absolute atomic E-state index is 12.8. The van der Waals surface area contributed by atoms with Crippen LogP contribution in [0.25, 0.3) is 11.0 Å². The summed E-state index contributed by atoms with van der Waals surface area (Å²) in [6.45, 7) is 2.88. The second kappa shape index (κ2) is 8.82. The third-order valence-corrected chi connectivity index (χ3v) is 5.29. The summed E-state index contributed by atoms with van der Waals surface area (Å²) in [4.78, 5) is 32.9. The van der Waals surface area contributed by atoms with Gasteiger partial charge < -0.3 is 10.3 Å². The van der Waals surface area contributed by atoms with Crippen molar-refractivity contribution in [2.75, 3.05) is 0 Å². The fourth-order valence-electron chi connectivity index (χ4n) is 3.81. The molecule has 1 amide bonds. The summed E-state index contributed by atoms with van der Waals surface area (Å²) >= 11 is 0. The number of nitrogens with one attached hydrogen (secondary N) is 2.